The minimum Gasteiger partial charge on any atom is -0.387 e. The summed E-state index contributed by atoms with van der Waals surface area (Å²) in [5.41, 5.74) is 5.55. The molecular formula is C8H16N2. The van der Waals surface area contributed by atoms with Crippen LogP contribution < -0.4 is 5.73 Å². The minimum absolute atomic E-state index is 0.812. The summed E-state index contributed by atoms with van der Waals surface area (Å²) in [4.78, 5) is 4.26. The van der Waals surface area contributed by atoms with Crippen molar-refractivity contribution >= 4 is 5.84 Å². The van der Waals surface area contributed by atoms with Crippen LogP contribution in [0.25, 0.3) is 0 Å². The Morgan fingerprint density at radius 2 is 2.30 bits per heavy atom. The molecule has 1 aliphatic rings. The molecule has 2 heteroatoms. The maximum atomic E-state index is 5.55. The summed E-state index contributed by atoms with van der Waals surface area (Å²) in [7, 11) is 0. The fraction of sp³-hybridized carbons (Fsp3) is 0.875. The standard InChI is InChI=1S/C8H16N2/c1-2-8(9)10-6-7-4-3-5-7/h7H,2-6H2,1H3,(H2,9,10). The van der Waals surface area contributed by atoms with Crippen molar-refractivity contribution in [1.29, 1.82) is 0 Å². The average molecular weight is 140 g/mol. The lowest BCUT2D eigenvalue weighted by atomic mass is 9.86. The van der Waals surface area contributed by atoms with E-state index < -0.39 is 0 Å². The van der Waals surface area contributed by atoms with Gasteiger partial charge < -0.3 is 5.73 Å². The molecule has 0 radical (unpaired) electrons. The second-order valence-corrected chi connectivity index (χ2v) is 2.98. The van der Waals surface area contributed by atoms with E-state index in [0.717, 1.165) is 24.7 Å². The van der Waals surface area contributed by atoms with E-state index in [4.69, 9.17) is 5.73 Å². The minimum atomic E-state index is 0.812. The second kappa shape index (κ2) is 3.59. The van der Waals surface area contributed by atoms with Crippen molar-refractivity contribution in [3.05, 3.63) is 0 Å². The third kappa shape index (κ3) is 2.01. The van der Waals surface area contributed by atoms with Crippen LogP contribution in [0.15, 0.2) is 4.99 Å². The third-order valence-electron chi connectivity index (χ3n) is 2.14. The van der Waals surface area contributed by atoms with Crippen LogP contribution in [-0.4, -0.2) is 12.4 Å². The summed E-state index contributed by atoms with van der Waals surface area (Å²) < 4.78 is 0. The molecule has 0 aromatic heterocycles. The quantitative estimate of drug-likeness (QED) is 0.469. The molecule has 0 spiro atoms. The monoisotopic (exact) mass is 140 g/mol. The zero-order valence-corrected chi connectivity index (χ0v) is 6.64. The number of nitrogens with two attached hydrogens (primary N) is 1. The first-order valence-electron chi connectivity index (χ1n) is 4.11. The van der Waals surface area contributed by atoms with Crippen LogP contribution in [0, 0.1) is 5.92 Å². The second-order valence-electron chi connectivity index (χ2n) is 2.98. The highest BCUT2D eigenvalue weighted by atomic mass is 14.8. The molecule has 1 aliphatic carbocycles. The Morgan fingerprint density at radius 3 is 2.70 bits per heavy atom. The number of nitrogens with zero attached hydrogens (tertiary/aromatic N) is 1. The first kappa shape index (κ1) is 7.58. The van der Waals surface area contributed by atoms with Gasteiger partial charge in [0.05, 0.1) is 5.84 Å². The average Bonchev–Trinajstić information content (AvgIpc) is 1.84. The lowest BCUT2D eigenvalue weighted by molar-refractivity contribution is 0.326. The van der Waals surface area contributed by atoms with E-state index >= 15 is 0 Å². The molecule has 1 saturated carbocycles. The van der Waals surface area contributed by atoms with E-state index in [2.05, 4.69) is 4.99 Å². The largest absolute Gasteiger partial charge is 0.387 e. The molecule has 0 unspecified atom stereocenters. The number of hydrogen-bond acceptors (Lipinski definition) is 1. The Bertz CT molecular complexity index is 125. The van der Waals surface area contributed by atoms with Crippen molar-refractivity contribution in [2.45, 2.75) is 32.6 Å². The maximum absolute atomic E-state index is 5.55. The first-order chi connectivity index (χ1) is 4.83. The number of aliphatic imine (C=N–C) groups is 1. The number of hydrogen-bond donors (Lipinski definition) is 1. The number of rotatable bonds is 3. The topological polar surface area (TPSA) is 38.4 Å². The third-order valence-corrected chi connectivity index (χ3v) is 2.14. The van der Waals surface area contributed by atoms with Gasteiger partial charge >= 0.3 is 0 Å². The predicted molar refractivity (Wildman–Crippen MR) is 44.1 cm³/mol. The van der Waals surface area contributed by atoms with Crippen molar-refractivity contribution < 1.29 is 0 Å². The Morgan fingerprint density at radius 1 is 1.60 bits per heavy atom. The Balaban J connectivity index is 2.12. The van der Waals surface area contributed by atoms with Crippen molar-refractivity contribution in [3.8, 4) is 0 Å². The summed E-state index contributed by atoms with van der Waals surface area (Å²) in [6.45, 7) is 3.01. The van der Waals surface area contributed by atoms with E-state index in [0.29, 0.717) is 0 Å². The predicted octanol–water partition coefficient (Wildman–Crippen LogP) is 1.55. The van der Waals surface area contributed by atoms with Gasteiger partial charge in [-0.15, -0.1) is 0 Å². The van der Waals surface area contributed by atoms with Gasteiger partial charge in [-0.2, -0.15) is 0 Å². The highest BCUT2D eigenvalue weighted by Crippen LogP contribution is 2.26. The van der Waals surface area contributed by atoms with Gasteiger partial charge in [0.2, 0.25) is 0 Å². The molecule has 0 amide bonds. The molecule has 0 aromatic rings. The highest BCUT2D eigenvalue weighted by Gasteiger charge is 2.16. The molecule has 58 valence electrons. The van der Waals surface area contributed by atoms with Crippen LogP contribution in [0.3, 0.4) is 0 Å². The Hall–Kier alpha value is -0.530. The van der Waals surface area contributed by atoms with E-state index in [-0.39, 0.29) is 0 Å². The van der Waals surface area contributed by atoms with Crippen molar-refractivity contribution in [3.63, 3.8) is 0 Å². The molecule has 2 nitrogen and oxygen atoms in total. The van der Waals surface area contributed by atoms with Crippen molar-refractivity contribution in [1.82, 2.24) is 0 Å². The van der Waals surface area contributed by atoms with Crippen LogP contribution in [0.5, 0.6) is 0 Å². The molecule has 0 aliphatic heterocycles. The molecule has 2 N–H and O–H groups in total. The van der Waals surface area contributed by atoms with E-state index in [1.54, 1.807) is 0 Å². The lowest BCUT2D eigenvalue weighted by Gasteiger charge is -2.23. The van der Waals surface area contributed by atoms with Crippen LogP contribution in [0.2, 0.25) is 0 Å². The van der Waals surface area contributed by atoms with Gasteiger partial charge in [0.15, 0.2) is 0 Å². The van der Waals surface area contributed by atoms with Crippen molar-refractivity contribution in [2.75, 3.05) is 6.54 Å². The summed E-state index contributed by atoms with van der Waals surface area (Å²) >= 11 is 0. The van der Waals surface area contributed by atoms with Gasteiger partial charge in [0.25, 0.3) is 0 Å². The van der Waals surface area contributed by atoms with E-state index in [9.17, 15) is 0 Å². The molecule has 0 saturated heterocycles. The SMILES string of the molecule is CCC(N)=NCC1CCC1. The highest BCUT2D eigenvalue weighted by molar-refractivity contribution is 5.79. The van der Waals surface area contributed by atoms with Crippen LogP contribution >= 0.6 is 0 Å². The first-order valence-corrected chi connectivity index (χ1v) is 4.11. The van der Waals surface area contributed by atoms with Crippen molar-refractivity contribution in [2.24, 2.45) is 16.6 Å². The summed E-state index contributed by atoms with van der Waals surface area (Å²) in [5, 5.41) is 0. The molecule has 0 atom stereocenters. The molecule has 1 rings (SSSR count). The fourth-order valence-corrected chi connectivity index (χ4v) is 1.03. The van der Waals surface area contributed by atoms with Gasteiger partial charge in [-0.05, 0) is 18.8 Å². The Kier molecular flexibility index (Phi) is 2.72. The summed E-state index contributed by atoms with van der Waals surface area (Å²) in [5.74, 6) is 1.66. The van der Waals surface area contributed by atoms with E-state index in [1.165, 1.54) is 19.3 Å². The van der Waals surface area contributed by atoms with Crippen LogP contribution in [-0.2, 0) is 0 Å². The molecule has 0 aromatic carbocycles. The molecule has 0 bridgehead atoms. The molecular weight excluding hydrogens is 124 g/mol. The maximum Gasteiger partial charge on any atom is 0.0934 e. The Labute approximate surface area is 62.5 Å². The molecule has 1 fully saturated rings. The van der Waals surface area contributed by atoms with Gasteiger partial charge in [-0.3, -0.25) is 4.99 Å². The summed E-state index contributed by atoms with van der Waals surface area (Å²) in [6, 6.07) is 0. The van der Waals surface area contributed by atoms with E-state index in [1.807, 2.05) is 6.92 Å². The normalized spacial score (nSPS) is 20.7. The summed E-state index contributed by atoms with van der Waals surface area (Å²) in [6.07, 6.45) is 5.01. The zero-order valence-electron chi connectivity index (χ0n) is 6.64. The van der Waals surface area contributed by atoms with Gasteiger partial charge in [-0.1, -0.05) is 13.3 Å². The van der Waals surface area contributed by atoms with Crippen LogP contribution in [0.4, 0.5) is 0 Å². The van der Waals surface area contributed by atoms with Gasteiger partial charge in [0, 0.05) is 13.0 Å². The smallest absolute Gasteiger partial charge is 0.0934 e. The molecule has 10 heavy (non-hydrogen) atoms. The van der Waals surface area contributed by atoms with Crippen LogP contribution in [0.1, 0.15) is 32.6 Å². The zero-order chi connectivity index (χ0) is 7.40. The number of amidine groups is 1. The van der Waals surface area contributed by atoms with Gasteiger partial charge in [-0.25, -0.2) is 0 Å². The molecule has 0 heterocycles. The fourth-order valence-electron chi connectivity index (χ4n) is 1.03. The lowest BCUT2D eigenvalue weighted by Crippen LogP contribution is -2.18. The van der Waals surface area contributed by atoms with Gasteiger partial charge in [0.1, 0.15) is 0 Å².